The number of amides is 1. The van der Waals surface area contributed by atoms with E-state index in [1.54, 1.807) is 42.1 Å². The summed E-state index contributed by atoms with van der Waals surface area (Å²) in [6, 6.07) is 11.5. The van der Waals surface area contributed by atoms with Crippen LogP contribution in [0.2, 0.25) is 0 Å². The second-order valence-corrected chi connectivity index (χ2v) is 7.58. The molecule has 0 N–H and O–H groups in total. The van der Waals surface area contributed by atoms with Crippen molar-refractivity contribution in [3.63, 3.8) is 0 Å². The molecule has 3 aromatic rings. The fourth-order valence-electron chi connectivity index (χ4n) is 2.57. The van der Waals surface area contributed by atoms with Crippen molar-refractivity contribution in [1.82, 2.24) is 4.57 Å². The molecule has 0 fully saturated rings. The summed E-state index contributed by atoms with van der Waals surface area (Å²) in [5.74, 6) is 1.04. The van der Waals surface area contributed by atoms with E-state index in [9.17, 15) is 14.9 Å². The van der Waals surface area contributed by atoms with Gasteiger partial charge < -0.3 is 9.30 Å². The second kappa shape index (κ2) is 8.36. The quantitative estimate of drug-likeness (QED) is 0.462. The molecule has 0 aliphatic heterocycles. The Labute approximate surface area is 163 Å². The van der Waals surface area contributed by atoms with E-state index < -0.39 is 4.92 Å². The Morgan fingerprint density at radius 2 is 2.15 bits per heavy atom. The lowest BCUT2D eigenvalue weighted by atomic mass is 10.2. The summed E-state index contributed by atoms with van der Waals surface area (Å²) in [5.41, 5.74) is 1.28. The van der Waals surface area contributed by atoms with Crippen molar-refractivity contribution in [2.45, 2.75) is 6.54 Å². The zero-order valence-corrected chi connectivity index (χ0v) is 16.4. The summed E-state index contributed by atoms with van der Waals surface area (Å²) in [6.45, 7) is 0.656. The Morgan fingerprint density at radius 3 is 2.85 bits per heavy atom. The van der Waals surface area contributed by atoms with Crippen LogP contribution in [0, 0.1) is 10.1 Å². The average Bonchev–Trinajstić information content (AvgIpc) is 3.02. The number of aryl methyl sites for hydroxylation is 1. The summed E-state index contributed by atoms with van der Waals surface area (Å²) < 4.78 is 7.81. The van der Waals surface area contributed by atoms with Gasteiger partial charge in [0.25, 0.3) is 11.6 Å². The number of ether oxygens (including phenoxy) is 1. The van der Waals surface area contributed by atoms with E-state index in [2.05, 4.69) is 4.99 Å². The van der Waals surface area contributed by atoms with Crippen LogP contribution in [0.5, 0.6) is 5.75 Å². The number of non-ortho nitro benzene ring substituents is 1. The number of benzene rings is 2. The van der Waals surface area contributed by atoms with Crippen LogP contribution in [0.3, 0.4) is 0 Å². The molecule has 7 nitrogen and oxygen atoms in total. The van der Waals surface area contributed by atoms with Gasteiger partial charge in [-0.2, -0.15) is 16.8 Å². The number of rotatable bonds is 6. The highest BCUT2D eigenvalue weighted by molar-refractivity contribution is 7.98. The Hall–Kier alpha value is -2.65. The van der Waals surface area contributed by atoms with Crippen molar-refractivity contribution in [3.8, 4) is 5.75 Å². The SMILES string of the molecule is COc1cccc(C(=O)N=c2sc3cc([N+](=O)[O-])ccc3n2CCSC)c1. The molecule has 9 heteroatoms. The van der Waals surface area contributed by atoms with Crippen molar-refractivity contribution in [1.29, 1.82) is 0 Å². The Kier molecular flexibility index (Phi) is 5.92. The van der Waals surface area contributed by atoms with Gasteiger partial charge in [-0.3, -0.25) is 14.9 Å². The van der Waals surface area contributed by atoms with Gasteiger partial charge in [0.05, 0.1) is 22.2 Å². The fourth-order valence-corrected chi connectivity index (χ4v) is 4.02. The number of nitro groups is 1. The number of thioether (sulfide) groups is 1. The van der Waals surface area contributed by atoms with Crippen LogP contribution in [0.15, 0.2) is 47.5 Å². The number of hydrogen-bond donors (Lipinski definition) is 0. The lowest BCUT2D eigenvalue weighted by Gasteiger charge is -2.04. The van der Waals surface area contributed by atoms with E-state index in [1.165, 1.54) is 30.6 Å². The average molecular weight is 403 g/mol. The van der Waals surface area contributed by atoms with Crippen LogP contribution in [-0.4, -0.2) is 34.5 Å². The van der Waals surface area contributed by atoms with Crippen molar-refractivity contribution in [2.24, 2.45) is 4.99 Å². The van der Waals surface area contributed by atoms with Gasteiger partial charge in [0.15, 0.2) is 4.80 Å². The third-order valence-electron chi connectivity index (χ3n) is 3.91. The molecule has 1 amide bonds. The first-order valence-electron chi connectivity index (χ1n) is 8.03. The number of fused-ring (bicyclic) bond motifs is 1. The smallest absolute Gasteiger partial charge is 0.279 e. The number of methoxy groups -OCH3 is 1. The van der Waals surface area contributed by atoms with Crippen molar-refractivity contribution in [3.05, 3.63) is 62.9 Å². The van der Waals surface area contributed by atoms with Crippen LogP contribution in [-0.2, 0) is 6.54 Å². The molecule has 0 aliphatic carbocycles. The minimum atomic E-state index is -0.427. The summed E-state index contributed by atoms with van der Waals surface area (Å²) in [4.78, 5) is 28.0. The van der Waals surface area contributed by atoms with Gasteiger partial charge in [-0.25, -0.2) is 0 Å². The maximum atomic E-state index is 12.6. The molecule has 140 valence electrons. The summed E-state index contributed by atoms with van der Waals surface area (Å²) in [5, 5.41) is 11.0. The number of nitro benzene ring substituents is 1. The number of aromatic nitrogens is 1. The fraction of sp³-hybridized carbons (Fsp3) is 0.222. The minimum absolute atomic E-state index is 0.0199. The van der Waals surface area contributed by atoms with Gasteiger partial charge in [-0.1, -0.05) is 17.4 Å². The molecule has 2 aromatic carbocycles. The maximum Gasteiger partial charge on any atom is 0.279 e. The van der Waals surface area contributed by atoms with Crippen LogP contribution in [0.4, 0.5) is 5.69 Å². The number of thiazole rings is 1. The first-order chi connectivity index (χ1) is 13.0. The standard InChI is InChI=1S/C18H17N3O4S2/c1-25-14-5-3-4-12(10-14)17(22)19-18-20(8-9-26-2)15-7-6-13(21(23)24)11-16(15)27-18/h3-7,10-11H,8-9H2,1-2H3. The first kappa shape index (κ1) is 19.1. The predicted octanol–water partition coefficient (Wildman–Crippen LogP) is 3.72. The molecule has 0 bridgehead atoms. The van der Waals surface area contributed by atoms with E-state index in [-0.39, 0.29) is 11.6 Å². The molecular formula is C18H17N3O4S2. The maximum absolute atomic E-state index is 12.6. The molecule has 27 heavy (non-hydrogen) atoms. The molecule has 0 saturated carbocycles. The van der Waals surface area contributed by atoms with E-state index in [0.29, 0.717) is 22.7 Å². The number of carbonyl (C=O) groups excluding carboxylic acids is 1. The number of nitrogens with zero attached hydrogens (tertiary/aromatic N) is 3. The lowest BCUT2D eigenvalue weighted by Crippen LogP contribution is -2.18. The second-order valence-electron chi connectivity index (χ2n) is 5.59. The van der Waals surface area contributed by atoms with Gasteiger partial charge in [0.2, 0.25) is 0 Å². The monoisotopic (exact) mass is 403 g/mol. The van der Waals surface area contributed by atoms with Crippen LogP contribution < -0.4 is 9.54 Å². The zero-order chi connectivity index (χ0) is 19.4. The van der Waals surface area contributed by atoms with Gasteiger partial charge in [0.1, 0.15) is 5.75 Å². The molecule has 0 unspecified atom stereocenters. The zero-order valence-electron chi connectivity index (χ0n) is 14.7. The molecular weight excluding hydrogens is 386 g/mol. The predicted molar refractivity (Wildman–Crippen MR) is 108 cm³/mol. The Bertz CT molecular complexity index is 1070. The van der Waals surface area contributed by atoms with Gasteiger partial charge in [0, 0.05) is 30.0 Å². The topological polar surface area (TPSA) is 86.7 Å². The molecule has 1 heterocycles. The minimum Gasteiger partial charge on any atom is -0.497 e. The molecule has 0 radical (unpaired) electrons. The normalized spacial score (nSPS) is 11.7. The third-order valence-corrected chi connectivity index (χ3v) is 5.54. The Balaban J connectivity index is 2.11. The number of carbonyl (C=O) groups is 1. The van der Waals surface area contributed by atoms with Crippen LogP contribution >= 0.6 is 23.1 Å². The van der Waals surface area contributed by atoms with E-state index in [1.807, 2.05) is 10.8 Å². The number of hydrogen-bond acceptors (Lipinski definition) is 6. The molecule has 0 atom stereocenters. The highest BCUT2D eigenvalue weighted by Crippen LogP contribution is 2.23. The molecule has 1 aromatic heterocycles. The van der Waals surface area contributed by atoms with Crippen molar-refractivity contribution < 1.29 is 14.5 Å². The molecule has 0 saturated heterocycles. The van der Waals surface area contributed by atoms with Crippen molar-refractivity contribution >= 4 is 44.9 Å². The van der Waals surface area contributed by atoms with E-state index >= 15 is 0 Å². The van der Waals surface area contributed by atoms with Gasteiger partial charge >= 0.3 is 0 Å². The Morgan fingerprint density at radius 1 is 1.33 bits per heavy atom. The van der Waals surface area contributed by atoms with Crippen LogP contribution in [0.1, 0.15) is 10.4 Å². The molecule has 0 spiro atoms. The highest BCUT2D eigenvalue weighted by atomic mass is 32.2. The summed E-state index contributed by atoms with van der Waals surface area (Å²) in [6.07, 6.45) is 2.00. The third kappa shape index (κ3) is 4.20. The molecule has 0 aliphatic rings. The van der Waals surface area contributed by atoms with Gasteiger partial charge in [-0.15, -0.1) is 0 Å². The summed E-state index contributed by atoms with van der Waals surface area (Å²) in [7, 11) is 1.54. The van der Waals surface area contributed by atoms with Crippen LogP contribution in [0.25, 0.3) is 10.2 Å². The lowest BCUT2D eigenvalue weighted by molar-refractivity contribution is -0.384. The largest absolute Gasteiger partial charge is 0.497 e. The first-order valence-corrected chi connectivity index (χ1v) is 10.2. The van der Waals surface area contributed by atoms with Crippen molar-refractivity contribution in [2.75, 3.05) is 19.1 Å². The summed E-state index contributed by atoms with van der Waals surface area (Å²) >= 11 is 2.95. The van der Waals surface area contributed by atoms with Gasteiger partial charge in [-0.05, 0) is 30.5 Å². The molecule has 3 rings (SSSR count). The van der Waals surface area contributed by atoms with E-state index in [4.69, 9.17) is 4.74 Å². The highest BCUT2D eigenvalue weighted by Gasteiger charge is 2.13. The van der Waals surface area contributed by atoms with E-state index in [0.717, 1.165) is 16.0 Å².